The Kier molecular flexibility index (Phi) is 2.39. The quantitative estimate of drug-likeness (QED) is 0.678. The minimum atomic E-state index is -0.263. The average molecular weight is 198 g/mol. The van der Waals surface area contributed by atoms with Crippen molar-refractivity contribution in [2.24, 2.45) is 5.92 Å². The van der Waals surface area contributed by atoms with Gasteiger partial charge in [-0.1, -0.05) is 13.8 Å². The van der Waals surface area contributed by atoms with E-state index in [4.69, 9.17) is 9.47 Å². The average Bonchev–Trinajstić information content (AvgIpc) is 2.33. The first kappa shape index (κ1) is 10.4. The Bertz CT molecular complexity index is 228. The van der Waals surface area contributed by atoms with Crippen LogP contribution < -0.4 is 0 Å². The standard InChI is InChI=1S/C12H22O2/c1-5-10-8-11(4)7-9(3)13-12(10,6-2)14-11/h9-10H,5-8H2,1-4H3/t9-,10?,11?,12?/m1/s1. The Morgan fingerprint density at radius 3 is 2.57 bits per heavy atom. The van der Waals surface area contributed by atoms with E-state index in [2.05, 4.69) is 27.7 Å². The Hall–Kier alpha value is -0.0800. The molecule has 82 valence electrons. The van der Waals surface area contributed by atoms with Gasteiger partial charge in [0.2, 0.25) is 0 Å². The van der Waals surface area contributed by atoms with Gasteiger partial charge in [-0.15, -0.1) is 0 Å². The van der Waals surface area contributed by atoms with Gasteiger partial charge in [-0.2, -0.15) is 0 Å². The van der Waals surface area contributed by atoms with Crippen LogP contribution >= 0.6 is 0 Å². The summed E-state index contributed by atoms with van der Waals surface area (Å²) in [5, 5.41) is 0. The van der Waals surface area contributed by atoms with Crippen molar-refractivity contribution in [3.63, 3.8) is 0 Å². The minimum absolute atomic E-state index is 0.0777. The zero-order valence-electron chi connectivity index (χ0n) is 9.80. The molecule has 4 atom stereocenters. The van der Waals surface area contributed by atoms with Crippen molar-refractivity contribution < 1.29 is 9.47 Å². The molecule has 3 unspecified atom stereocenters. The van der Waals surface area contributed by atoms with E-state index in [-0.39, 0.29) is 11.4 Å². The number of ether oxygens (including phenoxy) is 2. The molecule has 2 nitrogen and oxygen atoms in total. The fourth-order valence-corrected chi connectivity index (χ4v) is 3.35. The maximum Gasteiger partial charge on any atom is 0.171 e. The molecule has 0 aromatic heterocycles. The molecule has 0 aromatic carbocycles. The Morgan fingerprint density at radius 1 is 1.29 bits per heavy atom. The molecule has 2 rings (SSSR count). The number of rotatable bonds is 2. The topological polar surface area (TPSA) is 18.5 Å². The summed E-state index contributed by atoms with van der Waals surface area (Å²) >= 11 is 0. The lowest BCUT2D eigenvalue weighted by atomic mass is 9.87. The van der Waals surface area contributed by atoms with E-state index < -0.39 is 0 Å². The summed E-state index contributed by atoms with van der Waals surface area (Å²) in [6.45, 7) is 8.82. The molecule has 2 bridgehead atoms. The molecule has 0 aliphatic carbocycles. The second-order valence-corrected chi connectivity index (χ2v) is 5.16. The predicted octanol–water partition coefficient (Wildman–Crippen LogP) is 3.11. The number of hydrogen-bond acceptors (Lipinski definition) is 2. The second kappa shape index (κ2) is 3.21. The van der Waals surface area contributed by atoms with Crippen LogP contribution in [0.25, 0.3) is 0 Å². The molecule has 0 amide bonds. The fourth-order valence-electron chi connectivity index (χ4n) is 3.35. The number of fused-ring (bicyclic) bond motifs is 2. The van der Waals surface area contributed by atoms with E-state index in [1.54, 1.807) is 0 Å². The molecule has 2 aliphatic heterocycles. The van der Waals surface area contributed by atoms with Crippen molar-refractivity contribution >= 4 is 0 Å². The summed E-state index contributed by atoms with van der Waals surface area (Å²) in [6.07, 6.45) is 4.71. The third-order valence-electron chi connectivity index (χ3n) is 3.82. The van der Waals surface area contributed by atoms with Gasteiger partial charge in [0, 0.05) is 12.3 Å². The molecule has 0 radical (unpaired) electrons. The first-order valence-electron chi connectivity index (χ1n) is 5.91. The van der Waals surface area contributed by atoms with Crippen LogP contribution in [-0.2, 0) is 9.47 Å². The lowest BCUT2D eigenvalue weighted by Crippen LogP contribution is -2.47. The molecule has 0 spiro atoms. The van der Waals surface area contributed by atoms with E-state index in [0.29, 0.717) is 12.0 Å². The molecule has 0 saturated carbocycles. The van der Waals surface area contributed by atoms with Crippen molar-refractivity contribution in [2.75, 3.05) is 0 Å². The second-order valence-electron chi connectivity index (χ2n) is 5.16. The molecule has 14 heavy (non-hydrogen) atoms. The molecule has 2 fully saturated rings. The van der Waals surface area contributed by atoms with Crippen molar-refractivity contribution in [1.29, 1.82) is 0 Å². The van der Waals surface area contributed by atoms with Gasteiger partial charge < -0.3 is 9.47 Å². The normalized spacial score (nSPS) is 52.3. The smallest absolute Gasteiger partial charge is 0.171 e. The zero-order valence-corrected chi connectivity index (χ0v) is 9.80. The highest BCUT2D eigenvalue weighted by Gasteiger charge is 2.57. The first-order valence-corrected chi connectivity index (χ1v) is 5.91. The minimum Gasteiger partial charge on any atom is -0.347 e. The summed E-state index contributed by atoms with van der Waals surface area (Å²) in [7, 11) is 0. The Morgan fingerprint density at radius 2 is 2.00 bits per heavy atom. The van der Waals surface area contributed by atoms with Crippen LogP contribution in [0.1, 0.15) is 53.4 Å². The van der Waals surface area contributed by atoms with Crippen LogP contribution in [-0.4, -0.2) is 17.5 Å². The van der Waals surface area contributed by atoms with E-state index in [1.165, 1.54) is 6.42 Å². The lowest BCUT2D eigenvalue weighted by molar-refractivity contribution is -0.320. The van der Waals surface area contributed by atoms with Gasteiger partial charge in [0.15, 0.2) is 5.79 Å². The van der Waals surface area contributed by atoms with Crippen molar-refractivity contribution in [1.82, 2.24) is 0 Å². The maximum absolute atomic E-state index is 6.17. The first-order chi connectivity index (χ1) is 6.53. The van der Waals surface area contributed by atoms with Crippen LogP contribution in [0.2, 0.25) is 0 Å². The molecule has 0 aromatic rings. The van der Waals surface area contributed by atoms with Gasteiger partial charge in [0.05, 0.1) is 11.7 Å². The van der Waals surface area contributed by atoms with E-state index in [9.17, 15) is 0 Å². The third-order valence-corrected chi connectivity index (χ3v) is 3.82. The molecular formula is C12H22O2. The molecule has 2 saturated heterocycles. The highest BCUT2D eigenvalue weighted by Crippen LogP contribution is 2.52. The molecule has 2 aliphatic rings. The van der Waals surface area contributed by atoms with Crippen LogP contribution in [0.15, 0.2) is 0 Å². The predicted molar refractivity (Wildman–Crippen MR) is 56.1 cm³/mol. The summed E-state index contributed by atoms with van der Waals surface area (Å²) in [5.41, 5.74) is 0.0777. The van der Waals surface area contributed by atoms with Gasteiger partial charge in [-0.25, -0.2) is 0 Å². The Balaban J connectivity index is 2.27. The summed E-state index contributed by atoms with van der Waals surface area (Å²) < 4.78 is 12.2. The monoisotopic (exact) mass is 198 g/mol. The van der Waals surface area contributed by atoms with Gasteiger partial charge in [0.25, 0.3) is 0 Å². The van der Waals surface area contributed by atoms with Gasteiger partial charge in [-0.05, 0) is 33.1 Å². The largest absolute Gasteiger partial charge is 0.347 e. The lowest BCUT2D eigenvalue weighted by Gasteiger charge is -2.42. The highest BCUT2D eigenvalue weighted by molar-refractivity contribution is 4.99. The van der Waals surface area contributed by atoms with Crippen molar-refractivity contribution in [3.8, 4) is 0 Å². The summed E-state index contributed by atoms with van der Waals surface area (Å²) in [6, 6.07) is 0. The maximum atomic E-state index is 6.17. The fraction of sp³-hybridized carbons (Fsp3) is 1.00. The van der Waals surface area contributed by atoms with Crippen LogP contribution in [0.5, 0.6) is 0 Å². The zero-order chi connectivity index (χ0) is 10.4. The van der Waals surface area contributed by atoms with Crippen molar-refractivity contribution in [3.05, 3.63) is 0 Å². The third kappa shape index (κ3) is 1.40. The van der Waals surface area contributed by atoms with Gasteiger partial charge >= 0.3 is 0 Å². The number of hydrogen-bond donors (Lipinski definition) is 0. The molecular weight excluding hydrogens is 176 g/mol. The van der Waals surface area contributed by atoms with Crippen LogP contribution in [0, 0.1) is 5.92 Å². The molecule has 0 N–H and O–H groups in total. The van der Waals surface area contributed by atoms with E-state index >= 15 is 0 Å². The van der Waals surface area contributed by atoms with Crippen LogP contribution in [0.4, 0.5) is 0 Å². The Labute approximate surface area is 87.0 Å². The van der Waals surface area contributed by atoms with E-state index in [0.717, 1.165) is 19.3 Å². The van der Waals surface area contributed by atoms with Gasteiger partial charge in [-0.3, -0.25) is 0 Å². The molecule has 2 heterocycles. The van der Waals surface area contributed by atoms with Crippen LogP contribution in [0.3, 0.4) is 0 Å². The van der Waals surface area contributed by atoms with Gasteiger partial charge in [0.1, 0.15) is 0 Å². The summed E-state index contributed by atoms with van der Waals surface area (Å²) in [4.78, 5) is 0. The summed E-state index contributed by atoms with van der Waals surface area (Å²) in [5.74, 6) is 0.323. The van der Waals surface area contributed by atoms with E-state index in [1.807, 2.05) is 0 Å². The van der Waals surface area contributed by atoms with Crippen molar-refractivity contribution in [2.45, 2.75) is 70.9 Å². The molecule has 2 heteroatoms. The highest BCUT2D eigenvalue weighted by atomic mass is 16.7. The SMILES string of the molecule is CCC1CC2(C)C[C@@H](C)OC1(CC)O2.